The van der Waals surface area contributed by atoms with Crippen LogP contribution >= 0.6 is 0 Å². The Morgan fingerprint density at radius 1 is 1.24 bits per heavy atom. The van der Waals surface area contributed by atoms with E-state index in [1.165, 1.54) is 6.92 Å². The van der Waals surface area contributed by atoms with Gasteiger partial charge in [-0.15, -0.1) is 0 Å². The molecule has 2 heterocycles. The Morgan fingerprint density at radius 3 is 2.58 bits per heavy atom. The molecule has 2 aliphatic heterocycles. The zero-order chi connectivity index (χ0) is 28.5. The molecule has 38 heavy (non-hydrogen) atoms. The van der Waals surface area contributed by atoms with Crippen molar-refractivity contribution in [3.8, 4) is 0 Å². The fourth-order valence-electron chi connectivity index (χ4n) is 4.84. The first-order valence-electron chi connectivity index (χ1n) is 13.9. The molecule has 1 amide bonds. The summed E-state index contributed by atoms with van der Waals surface area (Å²) in [5, 5.41) is 11.0. The minimum Gasteiger partial charge on any atom is -0.457 e. The van der Waals surface area contributed by atoms with Gasteiger partial charge in [-0.1, -0.05) is 45.1 Å². The van der Waals surface area contributed by atoms with E-state index in [0.29, 0.717) is 19.4 Å². The highest BCUT2D eigenvalue weighted by Gasteiger charge is 2.34. The van der Waals surface area contributed by atoms with E-state index in [4.69, 9.17) is 14.2 Å². The van der Waals surface area contributed by atoms with E-state index in [-0.39, 0.29) is 42.3 Å². The van der Waals surface area contributed by atoms with Crippen LogP contribution in [0.1, 0.15) is 80.6 Å². The van der Waals surface area contributed by atoms with Gasteiger partial charge in [-0.25, -0.2) is 4.79 Å². The van der Waals surface area contributed by atoms with Gasteiger partial charge < -0.3 is 24.2 Å². The van der Waals surface area contributed by atoms with Crippen LogP contribution in [-0.2, 0) is 23.8 Å². The summed E-state index contributed by atoms with van der Waals surface area (Å²) in [5.41, 5.74) is -0.406. The van der Waals surface area contributed by atoms with Gasteiger partial charge in [0.25, 0.3) is 0 Å². The predicted molar refractivity (Wildman–Crippen MR) is 146 cm³/mol. The summed E-state index contributed by atoms with van der Waals surface area (Å²) >= 11 is 0. The smallest absolute Gasteiger partial charge is 0.410 e. The maximum atomic E-state index is 12.7. The van der Waals surface area contributed by atoms with Crippen LogP contribution in [0.5, 0.6) is 0 Å². The van der Waals surface area contributed by atoms with Gasteiger partial charge in [0.2, 0.25) is 0 Å². The fourth-order valence-corrected chi connectivity index (χ4v) is 4.84. The third kappa shape index (κ3) is 9.93. The highest BCUT2D eigenvalue weighted by molar-refractivity contribution is 5.70. The zero-order valence-corrected chi connectivity index (χ0v) is 24.1. The molecular weight excluding hydrogens is 486 g/mol. The number of esters is 2. The van der Waals surface area contributed by atoms with Gasteiger partial charge in [-0.3, -0.25) is 9.59 Å². The Kier molecular flexibility index (Phi) is 12.1. The number of likely N-dealkylation sites (tertiary alicyclic amines) is 1. The lowest BCUT2D eigenvalue weighted by molar-refractivity contribution is -0.156. The van der Waals surface area contributed by atoms with Gasteiger partial charge in [-0.05, 0) is 64.0 Å². The first kappa shape index (κ1) is 31.6. The molecule has 214 valence electrons. The molecule has 8 nitrogen and oxygen atoms in total. The number of amides is 1. The van der Waals surface area contributed by atoms with Crippen molar-refractivity contribution < 1.29 is 33.7 Å². The van der Waals surface area contributed by atoms with Gasteiger partial charge in [0, 0.05) is 37.8 Å². The van der Waals surface area contributed by atoms with E-state index in [1.807, 2.05) is 58.9 Å². The van der Waals surface area contributed by atoms with E-state index in [0.717, 1.165) is 25.0 Å². The topological polar surface area (TPSA) is 102 Å². The van der Waals surface area contributed by atoms with Crippen LogP contribution in [0, 0.1) is 17.8 Å². The molecule has 0 aromatic rings. The maximum absolute atomic E-state index is 12.7. The second-order valence-corrected chi connectivity index (χ2v) is 11.4. The van der Waals surface area contributed by atoms with Crippen molar-refractivity contribution in [1.29, 1.82) is 0 Å². The average Bonchev–Trinajstić information content (AvgIpc) is 3.27. The first-order chi connectivity index (χ1) is 17.8. The number of carbonyl (C=O) groups is 3. The molecule has 1 saturated heterocycles. The third-order valence-corrected chi connectivity index (χ3v) is 7.39. The van der Waals surface area contributed by atoms with Crippen LogP contribution in [0.25, 0.3) is 0 Å². The SMILES string of the molecule is CC(=O)O[C@H]1/C=C/[C@H](C)[C@@H](/C(C)=C/C=C/[C@@H](C)COC(=O)N2CCC[C@@H]2C)OC(=O)C[C@H](C)CC[C@@]1(C)O. The van der Waals surface area contributed by atoms with Crippen molar-refractivity contribution in [3.63, 3.8) is 0 Å². The van der Waals surface area contributed by atoms with Gasteiger partial charge >= 0.3 is 18.0 Å². The summed E-state index contributed by atoms with van der Waals surface area (Å²) in [5.74, 6) is -0.959. The standard InChI is InChI=1S/C30H47NO7/c1-20-15-16-30(7,35)26(37-25(6)32)14-13-23(4)28(38-27(33)18-20)22(3)11-8-10-21(2)19-36-29(34)31-17-9-12-24(31)5/h8,10-11,13-14,20-21,23-24,26,28,35H,9,12,15-19H2,1-7H3/b10-8+,14-13+,22-11+/t20-,21-,23+,24+,26+,28-,30-/m1/s1. The minimum absolute atomic E-state index is 0.00241. The quantitative estimate of drug-likeness (QED) is 0.212. The van der Waals surface area contributed by atoms with Crippen molar-refractivity contribution in [1.82, 2.24) is 4.90 Å². The number of hydrogen-bond donors (Lipinski definition) is 1. The summed E-state index contributed by atoms with van der Waals surface area (Å²) in [6, 6.07) is 0.224. The molecule has 1 fully saturated rings. The lowest BCUT2D eigenvalue weighted by Gasteiger charge is -2.32. The Bertz CT molecular complexity index is 906. The van der Waals surface area contributed by atoms with Crippen LogP contribution in [0.15, 0.2) is 36.0 Å². The van der Waals surface area contributed by atoms with Gasteiger partial charge in [0.05, 0.1) is 6.61 Å². The summed E-state index contributed by atoms with van der Waals surface area (Å²) < 4.78 is 16.8. The Balaban J connectivity index is 2.12. The molecule has 0 aromatic carbocycles. The Hall–Kier alpha value is -2.61. The molecule has 0 spiro atoms. The minimum atomic E-state index is -1.26. The molecule has 8 heteroatoms. The largest absolute Gasteiger partial charge is 0.457 e. The molecule has 0 saturated carbocycles. The molecule has 7 atom stereocenters. The molecule has 0 aliphatic carbocycles. The van der Waals surface area contributed by atoms with E-state index < -0.39 is 23.8 Å². The van der Waals surface area contributed by atoms with Gasteiger partial charge in [0.15, 0.2) is 0 Å². The van der Waals surface area contributed by atoms with E-state index in [2.05, 4.69) is 0 Å². The third-order valence-electron chi connectivity index (χ3n) is 7.39. The molecule has 0 unspecified atom stereocenters. The second-order valence-electron chi connectivity index (χ2n) is 11.4. The molecular formula is C30H47NO7. The normalized spacial score (nSPS) is 33.2. The van der Waals surface area contributed by atoms with Crippen LogP contribution < -0.4 is 0 Å². The number of ether oxygens (including phenoxy) is 3. The lowest BCUT2D eigenvalue weighted by atomic mass is 9.87. The highest BCUT2D eigenvalue weighted by atomic mass is 16.6. The van der Waals surface area contributed by atoms with E-state index in [1.54, 1.807) is 17.9 Å². The van der Waals surface area contributed by atoms with Crippen molar-refractivity contribution in [2.75, 3.05) is 13.2 Å². The van der Waals surface area contributed by atoms with Crippen LogP contribution in [0.4, 0.5) is 4.79 Å². The van der Waals surface area contributed by atoms with Crippen molar-refractivity contribution in [3.05, 3.63) is 36.0 Å². The monoisotopic (exact) mass is 533 g/mol. The van der Waals surface area contributed by atoms with E-state index in [9.17, 15) is 19.5 Å². The Morgan fingerprint density at radius 2 is 1.95 bits per heavy atom. The van der Waals surface area contributed by atoms with Crippen molar-refractivity contribution in [2.45, 2.75) is 104 Å². The van der Waals surface area contributed by atoms with Gasteiger partial charge in [0.1, 0.15) is 17.8 Å². The molecule has 0 radical (unpaired) electrons. The number of carbonyl (C=O) groups excluding carboxylic acids is 3. The number of hydrogen-bond acceptors (Lipinski definition) is 7. The number of nitrogens with zero attached hydrogens (tertiary/aromatic N) is 1. The number of cyclic esters (lactones) is 1. The molecule has 0 bridgehead atoms. The average molecular weight is 534 g/mol. The number of rotatable bonds is 6. The van der Waals surface area contributed by atoms with Gasteiger partial charge in [-0.2, -0.15) is 0 Å². The summed E-state index contributed by atoms with van der Waals surface area (Å²) in [6.07, 6.45) is 10.9. The molecule has 2 rings (SSSR count). The lowest BCUT2D eigenvalue weighted by Crippen LogP contribution is -2.41. The van der Waals surface area contributed by atoms with Crippen LogP contribution in [0.3, 0.4) is 0 Å². The summed E-state index contributed by atoms with van der Waals surface area (Å²) in [6.45, 7) is 13.8. The molecule has 0 aromatic heterocycles. The second kappa shape index (κ2) is 14.5. The summed E-state index contributed by atoms with van der Waals surface area (Å²) in [7, 11) is 0. The maximum Gasteiger partial charge on any atom is 0.410 e. The highest BCUT2D eigenvalue weighted by Crippen LogP contribution is 2.28. The zero-order valence-electron chi connectivity index (χ0n) is 24.1. The molecule has 2 aliphatic rings. The van der Waals surface area contributed by atoms with Crippen LogP contribution in [-0.4, -0.2) is 65.0 Å². The van der Waals surface area contributed by atoms with Crippen molar-refractivity contribution >= 4 is 18.0 Å². The number of allylic oxidation sites excluding steroid dienone is 2. The number of aliphatic hydroxyl groups is 1. The Labute approximate surface area is 228 Å². The van der Waals surface area contributed by atoms with E-state index >= 15 is 0 Å². The molecule has 1 N–H and O–H groups in total. The predicted octanol–water partition coefficient (Wildman–Crippen LogP) is 5.35. The van der Waals surface area contributed by atoms with Crippen molar-refractivity contribution in [2.24, 2.45) is 17.8 Å². The van der Waals surface area contributed by atoms with Crippen LogP contribution in [0.2, 0.25) is 0 Å². The summed E-state index contributed by atoms with van der Waals surface area (Å²) in [4.78, 5) is 38.5. The first-order valence-corrected chi connectivity index (χ1v) is 13.9. The fraction of sp³-hybridized carbons (Fsp3) is 0.700.